The number of aromatic nitrogens is 7. The van der Waals surface area contributed by atoms with E-state index in [2.05, 4.69) is 69.1 Å². The molecule has 0 bridgehead atoms. The second-order valence-electron chi connectivity index (χ2n) is 7.78. The molecule has 8 heteroatoms. The van der Waals surface area contributed by atoms with Crippen LogP contribution in [0.2, 0.25) is 0 Å². The van der Waals surface area contributed by atoms with Crippen molar-refractivity contribution in [2.45, 2.75) is 39.2 Å². The fourth-order valence-corrected chi connectivity index (χ4v) is 3.79. The number of anilines is 1. The number of hydrogen-bond acceptors (Lipinski definition) is 6. The van der Waals surface area contributed by atoms with E-state index >= 15 is 0 Å². The number of fused-ring (bicyclic) bond motifs is 2. The topological polar surface area (TPSA) is 77.0 Å². The summed E-state index contributed by atoms with van der Waals surface area (Å²) in [6.45, 7) is 6.83. The van der Waals surface area contributed by atoms with E-state index in [9.17, 15) is 0 Å². The molecule has 0 spiro atoms. The van der Waals surface area contributed by atoms with Crippen molar-refractivity contribution in [2.75, 3.05) is 18.0 Å². The third-order valence-corrected chi connectivity index (χ3v) is 5.38. The lowest BCUT2D eigenvalue weighted by atomic mass is 10.1. The highest BCUT2D eigenvalue weighted by atomic mass is 15.4. The van der Waals surface area contributed by atoms with Gasteiger partial charge in [-0.05, 0) is 17.5 Å². The minimum Gasteiger partial charge on any atom is -0.366 e. The van der Waals surface area contributed by atoms with Crippen LogP contribution in [0, 0.1) is 0 Å². The molecule has 0 radical (unpaired) electrons. The van der Waals surface area contributed by atoms with Crippen LogP contribution >= 0.6 is 0 Å². The average molecular weight is 388 g/mol. The first-order chi connectivity index (χ1) is 14.2. The Kier molecular flexibility index (Phi) is 4.46. The van der Waals surface area contributed by atoms with Gasteiger partial charge in [-0.2, -0.15) is 14.7 Å². The van der Waals surface area contributed by atoms with Gasteiger partial charge in [-0.25, -0.2) is 9.67 Å². The van der Waals surface area contributed by atoms with Gasteiger partial charge in [-0.15, -0.1) is 10.2 Å². The zero-order valence-corrected chi connectivity index (χ0v) is 16.7. The van der Waals surface area contributed by atoms with Crippen LogP contribution in [0.1, 0.15) is 42.7 Å². The van der Waals surface area contributed by atoms with Crippen LogP contribution in [-0.4, -0.2) is 47.7 Å². The van der Waals surface area contributed by atoms with E-state index in [0.717, 1.165) is 61.2 Å². The monoisotopic (exact) mass is 388 g/mol. The molecule has 1 aromatic carbocycles. The van der Waals surface area contributed by atoms with E-state index in [1.54, 1.807) is 10.8 Å². The van der Waals surface area contributed by atoms with Gasteiger partial charge in [-0.1, -0.05) is 44.2 Å². The summed E-state index contributed by atoms with van der Waals surface area (Å²) in [7, 11) is 0. The summed E-state index contributed by atoms with van der Waals surface area (Å²) in [6.07, 6.45) is 3.29. The minimum atomic E-state index is 0.338. The van der Waals surface area contributed by atoms with E-state index in [1.165, 1.54) is 5.56 Å². The van der Waals surface area contributed by atoms with E-state index < -0.39 is 0 Å². The summed E-state index contributed by atoms with van der Waals surface area (Å²) in [5, 5.41) is 17.7. The molecule has 0 atom stereocenters. The zero-order chi connectivity index (χ0) is 19.8. The van der Waals surface area contributed by atoms with Crippen molar-refractivity contribution in [3.63, 3.8) is 0 Å². The molecule has 8 nitrogen and oxygen atoms in total. The van der Waals surface area contributed by atoms with Gasteiger partial charge in [0.05, 0.1) is 17.9 Å². The Labute approximate surface area is 169 Å². The highest BCUT2D eigenvalue weighted by Crippen LogP contribution is 2.25. The molecule has 1 aliphatic rings. The predicted molar refractivity (Wildman–Crippen MR) is 110 cm³/mol. The first-order valence-electron chi connectivity index (χ1n) is 10.1. The van der Waals surface area contributed by atoms with Gasteiger partial charge < -0.3 is 4.90 Å². The normalized spacial score (nSPS) is 14.4. The van der Waals surface area contributed by atoms with Crippen LogP contribution in [0.25, 0.3) is 5.65 Å². The smallest absolute Gasteiger partial charge is 0.200 e. The van der Waals surface area contributed by atoms with E-state index in [0.29, 0.717) is 5.92 Å². The molecule has 0 N–H and O–H groups in total. The maximum atomic E-state index is 4.81. The van der Waals surface area contributed by atoms with Crippen LogP contribution in [-0.2, 0) is 19.4 Å². The van der Waals surface area contributed by atoms with Crippen molar-refractivity contribution >= 4 is 11.3 Å². The standard InChI is InChI=1S/C21H24N8/c1-15(2)17-13-18(21-24-22-14-29(21)25-17)27-9-8-20-23-19(26-28(20)11-10-27)12-16-6-4-3-5-7-16/h3-7,13-15H,8-12H2,1-2H3. The first kappa shape index (κ1) is 17.8. The largest absolute Gasteiger partial charge is 0.366 e. The lowest BCUT2D eigenvalue weighted by molar-refractivity contribution is 0.604. The zero-order valence-electron chi connectivity index (χ0n) is 16.7. The summed E-state index contributed by atoms with van der Waals surface area (Å²) in [4.78, 5) is 7.16. The van der Waals surface area contributed by atoms with Gasteiger partial charge in [0.15, 0.2) is 5.82 Å². The molecule has 5 rings (SSSR count). The van der Waals surface area contributed by atoms with Crippen molar-refractivity contribution in [1.82, 2.24) is 34.6 Å². The van der Waals surface area contributed by atoms with Crippen LogP contribution in [0.4, 0.5) is 5.69 Å². The molecule has 0 amide bonds. The highest BCUT2D eigenvalue weighted by molar-refractivity contribution is 5.68. The summed E-state index contributed by atoms with van der Waals surface area (Å²) < 4.78 is 3.84. The van der Waals surface area contributed by atoms with Crippen LogP contribution in [0.3, 0.4) is 0 Å². The Bertz CT molecular complexity index is 1100. The quantitative estimate of drug-likeness (QED) is 0.535. The summed E-state index contributed by atoms with van der Waals surface area (Å²) in [5.74, 6) is 2.28. The third kappa shape index (κ3) is 3.46. The lowest BCUT2D eigenvalue weighted by Gasteiger charge is -2.23. The molecule has 4 aromatic rings. The Morgan fingerprint density at radius 3 is 2.72 bits per heavy atom. The minimum absolute atomic E-state index is 0.338. The van der Waals surface area contributed by atoms with Crippen molar-refractivity contribution in [3.8, 4) is 0 Å². The summed E-state index contributed by atoms with van der Waals surface area (Å²) >= 11 is 0. The summed E-state index contributed by atoms with van der Waals surface area (Å²) in [5.41, 5.74) is 4.16. The molecule has 0 saturated heterocycles. The number of benzene rings is 1. The van der Waals surface area contributed by atoms with E-state index in [-0.39, 0.29) is 0 Å². The first-order valence-corrected chi connectivity index (χ1v) is 10.1. The molecule has 148 valence electrons. The van der Waals surface area contributed by atoms with Gasteiger partial charge in [0.25, 0.3) is 0 Å². The van der Waals surface area contributed by atoms with E-state index in [4.69, 9.17) is 10.1 Å². The van der Waals surface area contributed by atoms with Crippen LogP contribution < -0.4 is 4.90 Å². The molecule has 1 aliphatic heterocycles. The van der Waals surface area contributed by atoms with Crippen molar-refractivity contribution in [3.05, 3.63) is 65.6 Å². The molecule has 4 heterocycles. The Balaban J connectivity index is 1.38. The van der Waals surface area contributed by atoms with Crippen molar-refractivity contribution < 1.29 is 0 Å². The average Bonchev–Trinajstić information content (AvgIpc) is 3.30. The van der Waals surface area contributed by atoms with Gasteiger partial charge >= 0.3 is 0 Å². The fraction of sp³-hybridized carbons (Fsp3) is 0.381. The SMILES string of the molecule is CC(C)c1cc(N2CCc3nc(Cc4ccccc4)nn3CC2)c2nncn2n1. The van der Waals surface area contributed by atoms with Crippen LogP contribution in [0.15, 0.2) is 42.7 Å². The number of nitrogens with zero attached hydrogens (tertiary/aromatic N) is 8. The molecule has 0 aliphatic carbocycles. The second-order valence-corrected chi connectivity index (χ2v) is 7.78. The van der Waals surface area contributed by atoms with Crippen molar-refractivity contribution in [1.29, 1.82) is 0 Å². The maximum Gasteiger partial charge on any atom is 0.200 e. The molecule has 0 fully saturated rings. The molecule has 0 unspecified atom stereocenters. The highest BCUT2D eigenvalue weighted by Gasteiger charge is 2.21. The Morgan fingerprint density at radius 2 is 1.90 bits per heavy atom. The van der Waals surface area contributed by atoms with Gasteiger partial charge in [0, 0.05) is 25.9 Å². The van der Waals surface area contributed by atoms with E-state index in [1.807, 2.05) is 6.07 Å². The number of rotatable bonds is 4. The Hall–Kier alpha value is -3.29. The summed E-state index contributed by atoms with van der Waals surface area (Å²) in [6, 6.07) is 12.5. The van der Waals surface area contributed by atoms with Gasteiger partial charge in [-0.3, -0.25) is 0 Å². The lowest BCUT2D eigenvalue weighted by Crippen LogP contribution is -2.28. The van der Waals surface area contributed by atoms with Crippen molar-refractivity contribution in [2.24, 2.45) is 0 Å². The maximum absolute atomic E-state index is 4.81. The number of hydrogen-bond donors (Lipinski definition) is 0. The molecule has 29 heavy (non-hydrogen) atoms. The molecular weight excluding hydrogens is 364 g/mol. The molecular formula is C21H24N8. The second kappa shape index (κ2) is 7.27. The Morgan fingerprint density at radius 1 is 1.03 bits per heavy atom. The fourth-order valence-electron chi connectivity index (χ4n) is 3.79. The van der Waals surface area contributed by atoms with Gasteiger partial charge in [0.1, 0.15) is 12.2 Å². The van der Waals surface area contributed by atoms with Crippen LogP contribution in [0.5, 0.6) is 0 Å². The molecule has 3 aromatic heterocycles. The van der Waals surface area contributed by atoms with Gasteiger partial charge in [0.2, 0.25) is 5.65 Å². The third-order valence-electron chi connectivity index (χ3n) is 5.38. The predicted octanol–water partition coefficient (Wildman–Crippen LogP) is 2.49. The molecule has 0 saturated carbocycles.